The largest absolute Gasteiger partial charge is 0.497 e. The van der Waals surface area contributed by atoms with Crippen LogP contribution in [0.5, 0.6) is 11.5 Å². The van der Waals surface area contributed by atoms with Crippen molar-refractivity contribution in [2.45, 2.75) is 26.3 Å². The molecule has 0 saturated carbocycles. The van der Waals surface area contributed by atoms with Crippen molar-refractivity contribution >= 4 is 17.0 Å². The standard InChI is InChI=1S/C21H24N2O2S/c1-21(2,3)23-19(15-6-10-17(24-4)11-7-15)14-26-20(23)22-16-8-12-18(25-5)13-9-16/h6-14H,1-5H3. The van der Waals surface area contributed by atoms with Gasteiger partial charge in [0.2, 0.25) is 0 Å². The zero-order valence-corrected chi connectivity index (χ0v) is 16.6. The van der Waals surface area contributed by atoms with E-state index in [0.29, 0.717) is 0 Å². The van der Waals surface area contributed by atoms with Gasteiger partial charge in [0.25, 0.3) is 0 Å². The van der Waals surface area contributed by atoms with Gasteiger partial charge in [0.05, 0.1) is 25.6 Å². The Labute approximate surface area is 158 Å². The van der Waals surface area contributed by atoms with E-state index >= 15 is 0 Å². The van der Waals surface area contributed by atoms with Crippen LogP contribution in [0.3, 0.4) is 0 Å². The molecule has 2 aromatic carbocycles. The number of nitrogens with zero attached hydrogens (tertiary/aromatic N) is 2. The van der Waals surface area contributed by atoms with E-state index in [2.05, 4.69) is 42.9 Å². The molecule has 0 saturated heterocycles. The Kier molecular flexibility index (Phi) is 5.18. The molecule has 136 valence electrons. The molecule has 0 aliphatic carbocycles. The maximum atomic E-state index is 5.27. The van der Waals surface area contributed by atoms with Gasteiger partial charge in [0.1, 0.15) is 11.5 Å². The summed E-state index contributed by atoms with van der Waals surface area (Å²) in [7, 11) is 3.35. The summed E-state index contributed by atoms with van der Waals surface area (Å²) in [5, 5.41) is 2.16. The minimum absolute atomic E-state index is 0.0967. The van der Waals surface area contributed by atoms with Gasteiger partial charge in [-0.2, -0.15) is 0 Å². The molecular formula is C21H24N2O2S. The number of aromatic nitrogens is 1. The molecule has 0 aliphatic rings. The minimum atomic E-state index is -0.0967. The third-order valence-electron chi connectivity index (χ3n) is 4.06. The van der Waals surface area contributed by atoms with Crippen LogP contribution in [0.4, 0.5) is 5.69 Å². The van der Waals surface area contributed by atoms with Crippen LogP contribution in [0.2, 0.25) is 0 Å². The predicted molar refractivity (Wildman–Crippen MR) is 108 cm³/mol. The number of benzene rings is 2. The van der Waals surface area contributed by atoms with Crippen molar-refractivity contribution in [1.29, 1.82) is 0 Å². The van der Waals surface area contributed by atoms with Gasteiger partial charge in [0.15, 0.2) is 4.80 Å². The van der Waals surface area contributed by atoms with Gasteiger partial charge < -0.3 is 14.0 Å². The lowest BCUT2D eigenvalue weighted by atomic mass is 10.1. The molecule has 3 rings (SSSR count). The van der Waals surface area contributed by atoms with Gasteiger partial charge in [-0.1, -0.05) is 0 Å². The second kappa shape index (κ2) is 7.38. The quantitative estimate of drug-likeness (QED) is 0.633. The summed E-state index contributed by atoms with van der Waals surface area (Å²) in [4.78, 5) is 5.83. The summed E-state index contributed by atoms with van der Waals surface area (Å²) in [5.41, 5.74) is 3.11. The third-order valence-corrected chi connectivity index (χ3v) is 4.89. The summed E-state index contributed by atoms with van der Waals surface area (Å²) in [6, 6.07) is 15.9. The Hall–Kier alpha value is -2.53. The minimum Gasteiger partial charge on any atom is -0.497 e. The summed E-state index contributed by atoms with van der Waals surface area (Å²) < 4.78 is 12.8. The van der Waals surface area contributed by atoms with Gasteiger partial charge >= 0.3 is 0 Å². The lowest BCUT2D eigenvalue weighted by molar-refractivity contribution is 0.392. The molecule has 4 nitrogen and oxygen atoms in total. The first-order valence-corrected chi connectivity index (χ1v) is 9.34. The Morgan fingerprint density at radius 3 is 1.88 bits per heavy atom. The van der Waals surface area contributed by atoms with E-state index in [9.17, 15) is 0 Å². The zero-order chi connectivity index (χ0) is 18.7. The third kappa shape index (κ3) is 3.83. The van der Waals surface area contributed by atoms with Crippen LogP contribution in [0, 0.1) is 0 Å². The molecule has 0 radical (unpaired) electrons. The van der Waals surface area contributed by atoms with Crippen LogP contribution in [-0.4, -0.2) is 18.8 Å². The lowest BCUT2D eigenvalue weighted by Crippen LogP contribution is -2.31. The van der Waals surface area contributed by atoms with E-state index in [-0.39, 0.29) is 5.54 Å². The topological polar surface area (TPSA) is 35.8 Å². The van der Waals surface area contributed by atoms with Crippen molar-refractivity contribution in [3.63, 3.8) is 0 Å². The van der Waals surface area contributed by atoms with Gasteiger partial charge in [-0.05, 0) is 74.9 Å². The molecule has 3 aromatic rings. The first-order chi connectivity index (χ1) is 12.4. The smallest absolute Gasteiger partial charge is 0.190 e. The van der Waals surface area contributed by atoms with Crippen molar-refractivity contribution in [3.8, 4) is 22.8 Å². The van der Waals surface area contributed by atoms with Crippen LogP contribution in [0.1, 0.15) is 20.8 Å². The van der Waals surface area contributed by atoms with Gasteiger partial charge in [-0.15, -0.1) is 11.3 Å². The van der Waals surface area contributed by atoms with E-state index in [1.807, 2.05) is 36.4 Å². The summed E-state index contributed by atoms with van der Waals surface area (Å²) >= 11 is 1.65. The molecule has 0 N–H and O–H groups in total. The summed E-state index contributed by atoms with van der Waals surface area (Å²) in [5.74, 6) is 1.69. The van der Waals surface area contributed by atoms with E-state index in [4.69, 9.17) is 14.5 Å². The fraction of sp³-hybridized carbons (Fsp3) is 0.286. The molecule has 0 bridgehead atoms. The molecule has 0 spiro atoms. The fourth-order valence-corrected chi connectivity index (χ4v) is 3.86. The zero-order valence-electron chi connectivity index (χ0n) is 15.8. The molecule has 0 atom stereocenters. The molecule has 1 aromatic heterocycles. The molecule has 0 unspecified atom stereocenters. The fourth-order valence-electron chi connectivity index (χ4n) is 2.77. The molecule has 5 heteroatoms. The highest BCUT2D eigenvalue weighted by molar-refractivity contribution is 7.07. The van der Waals surface area contributed by atoms with Crippen molar-refractivity contribution in [3.05, 3.63) is 58.7 Å². The molecular weight excluding hydrogens is 344 g/mol. The molecule has 0 amide bonds. The van der Waals surface area contributed by atoms with Crippen LogP contribution in [0.25, 0.3) is 11.3 Å². The van der Waals surface area contributed by atoms with Crippen molar-refractivity contribution in [2.24, 2.45) is 4.99 Å². The summed E-state index contributed by atoms with van der Waals surface area (Å²) in [6.07, 6.45) is 0. The normalized spacial score (nSPS) is 12.3. The summed E-state index contributed by atoms with van der Waals surface area (Å²) in [6.45, 7) is 6.58. The Bertz CT molecular complexity index is 930. The van der Waals surface area contributed by atoms with E-state index in [1.165, 1.54) is 0 Å². The lowest BCUT2D eigenvalue weighted by Gasteiger charge is -2.24. The van der Waals surface area contributed by atoms with Crippen LogP contribution >= 0.6 is 11.3 Å². The molecule has 1 heterocycles. The second-order valence-electron chi connectivity index (χ2n) is 6.95. The van der Waals surface area contributed by atoms with E-state index in [1.54, 1.807) is 25.6 Å². The van der Waals surface area contributed by atoms with Crippen molar-refractivity contribution in [1.82, 2.24) is 4.57 Å². The Balaban J connectivity index is 2.11. The number of hydrogen-bond acceptors (Lipinski definition) is 4. The SMILES string of the molecule is COc1ccc(N=c2scc(-c3ccc(OC)cc3)n2C(C)(C)C)cc1. The highest BCUT2D eigenvalue weighted by Crippen LogP contribution is 2.28. The predicted octanol–water partition coefficient (Wildman–Crippen LogP) is 5.22. The van der Waals surface area contributed by atoms with Crippen LogP contribution in [0.15, 0.2) is 58.9 Å². The molecule has 0 aliphatic heterocycles. The van der Waals surface area contributed by atoms with Gasteiger partial charge in [-0.3, -0.25) is 0 Å². The van der Waals surface area contributed by atoms with Crippen LogP contribution < -0.4 is 14.3 Å². The first kappa shape index (κ1) is 18.3. The van der Waals surface area contributed by atoms with Crippen molar-refractivity contribution < 1.29 is 9.47 Å². The number of ether oxygens (including phenoxy) is 2. The Morgan fingerprint density at radius 2 is 1.38 bits per heavy atom. The average Bonchev–Trinajstić information content (AvgIpc) is 3.06. The average molecular weight is 369 g/mol. The van der Waals surface area contributed by atoms with Gasteiger partial charge in [-0.25, -0.2) is 4.99 Å². The van der Waals surface area contributed by atoms with E-state index in [0.717, 1.165) is 33.2 Å². The maximum absolute atomic E-state index is 5.27. The highest BCUT2D eigenvalue weighted by Gasteiger charge is 2.20. The van der Waals surface area contributed by atoms with Crippen LogP contribution in [-0.2, 0) is 5.54 Å². The maximum Gasteiger partial charge on any atom is 0.190 e. The monoisotopic (exact) mass is 368 g/mol. The number of thiazole rings is 1. The number of hydrogen-bond donors (Lipinski definition) is 0. The first-order valence-electron chi connectivity index (χ1n) is 8.46. The van der Waals surface area contributed by atoms with Gasteiger partial charge in [0, 0.05) is 10.9 Å². The Morgan fingerprint density at radius 1 is 0.846 bits per heavy atom. The highest BCUT2D eigenvalue weighted by atomic mass is 32.1. The molecule has 26 heavy (non-hydrogen) atoms. The number of rotatable bonds is 4. The number of methoxy groups -OCH3 is 2. The van der Waals surface area contributed by atoms with Crippen molar-refractivity contribution in [2.75, 3.05) is 14.2 Å². The van der Waals surface area contributed by atoms with E-state index < -0.39 is 0 Å². The molecule has 0 fully saturated rings. The second-order valence-corrected chi connectivity index (χ2v) is 7.78.